The molecule has 2 aromatic heterocycles. The highest BCUT2D eigenvalue weighted by atomic mass is 32.1. The number of amides is 1. The van der Waals surface area contributed by atoms with Gasteiger partial charge in [-0.2, -0.15) is 0 Å². The maximum Gasteiger partial charge on any atom is 0.226 e. The largest absolute Gasteiger partial charge is 0.472 e. The minimum atomic E-state index is -0.611. The Balaban J connectivity index is 1.99. The minimum Gasteiger partial charge on any atom is -0.472 e. The van der Waals surface area contributed by atoms with Gasteiger partial charge < -0.3 is 14.8 Å². The molecule has 0 aliphatic carbocycles. The molecule has 0 radical (unpaired) electrons. The van der Waals surface area contributed by atoms with Gasteiger partial charge in [0.1, 0.15) is 11.3 Å². The highest BCUT2D eigenvalue weighted by Gasteiger charge is 2.19. The third kappa shape index (κ3) is 3.65. The van der Waals surface area contributed by atoms with Crippen molar-refractivity contribution in [3.8, 4) is 10.6 Å². The number of nitrogens with one attached hydrogen (secondary N) is 1. The second-order valence-electron chi connectivity index (χ2n) is 4.92. The van der Waals surface area contributed by atoms with Crippen LogP contribution in [0.15, 0.2) is 28.4 Å². The molecule has 102 valence electrons. The smallest absolute Gasteiger partial charge is 0.226 e. The lowest BCUT2D eigenvalue weighted by atomic mass is 10.1. The fraction of sp³-hybridized carbons (Fsp3) is 0.385. The maximum atomic E-state index is 11.8. The van der Waals surface area contributed by atoms with E-state index >= 15 is 0 Å². The van der Waals surface area contributed by atoms with Crippen LogP contribution < -0.4 is 5.32 Å². The zero-order chi connectivity index (χ0) is 13.9. The van der Waals surface area contributed by atoms with Crippen LogP contribution in [0.4, 0.5) is 0 Å². The molecule has 0 saturated carbocycles. The Morgan fingerprint density at radius 2 is 2.37 bits per heavy atom. The first-order valence-corrected chi connectivity index (χ1v) is 6.77. The highest BCUT2D eigenvalue weighted by Crippen LogP contribution is 2.24. The molecule has 0 aliphatic rings. The van der Waals surface area contributed by atoms with Gasteiger partial charge in [-0.25, -0.2) is 4.98 Å². The van der Waals surface area contributed by atoms with Crippen LogP contribution in [0.25, 0.3) is 10.6 Å². The van der Waals surface area contributed by atoms with E-state index in [1.54, 1.807) is 26.4 Å². The molecule has 0 aromatic carbocycles. The quantitative estimate of drug-likeness (QED) is 0.876. The Hall–Kier alpha value is -1.66. The number of furan rings is 1. The Bertz CT molecular complexity index is 546. The summed E-state index contributed by atoms with van der Waals surface area (Å²) in [5.41, 5.74) is 1.01. The van der Waals surface area contributed by atoms with E-state index < -0.39 is 5.54 Å². The van der Waals surface area contributed by atoms with E-state index in [1.807, 2.05) is 11.4 Å². The summed E-state index contributed by atoms with van der Waals surface area (Å²) in [6.07, 6.45) is 3.42. The number of thiazole rings is 1. The molecular formula is C13H16N2O3S. The Morgan fingerprint density at radius 1 is 1.58 bits per heavy atom. The summed E-state index contributed by atoms with van der Waals surface area (Å²) in [4.78, 5) is 16.2. The zero-order valence-electron chi connectivity index (χ0n) is 10.8. The van der Waals surface area contributed by atoms with E-state index in [0.717, 1.165) is 10.6 Å². The number of aliphatic hydroxyl groups is 1. The molecule has 0 aliphatic heterocycles. The number of aliphatic hydroxyl groups excluding tert-OH is 1. The van der Waals surface area contributed by atoms with Crippen LogP contribution in [0.2, 0.25) is 0 Å². The van der Waals surface area contributed by atoms with E-state index in [2.05, 4.69) is 10.3 Å². The second-order valence-corrected chi connectivity index (χ2v) is 5.78. The number of nitrogens with zero attached hydrogens (tertiary/aromatic N) is 1. The van der Waals surface area contributed by atoms with Gasteiger partial charge in [0.25, 0.3) is 0 Å². The lowest BCUT2D eigenvalue weighted by Crippen LogP contribution is -2.46. The summed E-state index contributed by atoms with van der Waals surface area (Å²) in [7, 11) is 0. The molecular weight excluding hydrogens is 264 g/mol. The topological polar surface area (TPSA) is 75.4 Å². The van der Waals surface area contributed by atoms with E-state index in [9.17, 15) is 4.79 Å². The van der Waals surface area contributed by atoms with Crippen molar-refractivity contribution in [2.75, 3.05) is 6.61 Å². The van der Waals surface area contributed by atoms with Gasteiger partial charge in [0.2, 0.25) is 5.91 Å². The van der Waals surface area contributed by atoms with E-state index in [-0.39, 0.29) is 18.9 Å². The van der Waals surface area contributed by atoms with Crippen molar-refractivity contribution in [2.24, 2.45) is 0 Å². The number of hydrogen-bond acceptors (Lipinski definition) is 5. The number of rotatable bonds is 5. The molecule has 0 spiro atoms. The molecule has 2 heterocycles. The van der Waals surface area contributed by atoms with Gasteiger partial charge in [0, 0.05) is 10.9 Å². The van der Waals surface area contributed by atoms with Gasteiger partial charge in [-0.05, 0) is 19.9 Å². The minimum absolute atomic E-state index is 0.101. The first-order valence-electron chi connectivity index (χ1n) is 5.89. The predicted octanol–water partition coefficient (Wildman–Crippen LogP) is 1.83. The molecule has 0 fully saturated rings. The van der Waals surface area contributed by atoms with Gasteiger partial charge in [-0.15, -0.1) is 11.3 Å². The molecule has 19 heavy (non-hydrogen) atoms. The van der Waals surface area contributed by atoms with E-state index in [0.29, 0.717) is 5.69 Å². The molecule has 2 N–H and O–H groups in total. The van der Waals surface area contributed by atoms with Crippen LogP contribution in [0.1, 0.15) is 19.5 Å². The van der Waals surface area contributed by atoms with Crippen molar-refractivity contribution in [3.63, 3.8) is 0 Å². The fourth-order valence-electron chi connectivity index (χ4n) is 1.53. The van der Waals surface area contributed by atoms with Crippen LogP contribution >= 0.6 is 11.3 Å². The third-order valence-corrected chi connectivity index (χ3v) is 3.47. The van der Waals surface area contributed by atoms with Gasteiger partial charge in [0.05, 0.1) is 30.5 Å². The Kier molecular flexibility index (Phi) is 4.01. The second kappa shape index (κ2) is 5.54. The van der Waals surface area contributed by atoms with Gasteiger partial charge in [-0.1, -0.05) is 0 Å². The van der Waals surface area contributed by atoms with Crippen molar-refractivity contribution >= 4 is 17.2 Å². The average molecular weight is 280 g/mol. The lowest BCUT2D eigenvalue weighted by Gasteiger charge is -2.23. The molecule has 0 atom stereocenters. The maximum absolute atomic E-state index is 11.8. The van der Waals surface area contributed by atoms with Crippen molar-refractivity contribution < 1.29 is 14.3 Å². The number of aromatic nitrogens is 1. The van der Waals surface area contributed by atoms with Crippen molar-refractivity contribution in [3.05, 3.63) is 29.7 Å². The predicted molar refractivity (Wildman–Crippen MR) is 72.8 cm³/mol. The van der Waals surface area contributed by atoms with E-state index in [1.165, 1.54) is 11.3 Å². The van der Waals surface area contributed by atoms with Crippen LogP contribution in [0.3, 0.4) is 0 Å². The average Bonchev–Trinajstić information content (AvgIpc) is 2.97. The number of carbonyl (C=O) groups excluding carboxylic acids is 1. The summed E-state index contributed by atoms with van der Waals surface area (Å²) in [6.45, 7) is 3.43. The fourth-order valence-corrected chi connectivity index (χ4v) is 2.34. The standard InChI is InChI=1S/C13H16N2O3S/c1-13(2,8-16)15-11(17)5-10-7-19-12(14-10)9-3-4-18-6-9/h3-4,6-7,16H,5,8H2,1-2H3,(H,15,17). The molecule has 1 amide bonds. The molecule has 6 heteroatoms. The third-order valence-electron chi connectivity index (χ3n) is 2.53. The van der Waals surface area contributed by atoms with Crippen LogP contribution in [-0.4, -0.2) is 28.1 Å². The summed E-state index contributed by atoms with van der Waals surface area (Å²) < 4.78 is 5.00. The lowest BCUT2D eigenvalue weighted by molar-refractivity contribution is -0.122. The Labute approximate surface area is 115 Å². The van der Waals surface area contributed by atoms with Crippen LogP contribution in [0.5, 0.6) is 0 Å². The number of carbonyl (C=O) groups is 1. The first kappa shape index (κ1) is 13.8. The Morgan fingerprint density at radius 3 is 3.00 bits per heavy atom. The number of hydrogen-bond donors (Lipinski definition) is 2. The molecule has 2 rings (SSSR count). The van der Waals surface area contributed by atoms with Crippen LogP contribution in [-0.2, 0) is 11.2 Å². The van der Waals surface area contributed by atoms with Gasteiger partial charge >= 0.3 is 0 Å². The molecule has 0 bridgehead atoms. The monoisotopic (exact) mass is 280 g/mol. The normalized spacial score (nSPS) is 11.5. The zero-order valence-corrected chi connectivity index (χ0v) is 11.7. The van der Waals surface area contributed by atoms with Crippen molar-refractivity contribution in [1.82, 2.24) is 10.3 Å². The summed E-state index contributed by atoms with van der Waals surface area (Å²) in [6, 6.07) is 1.83. The molecule has 5 nitrogen and oxygen atoms in total. The van der Waals surface area contributed by atoms with Gasteiger partial charge in [-0.3, -0.25) is 4.79 Å². The summed E-state index contributed by atoms with van der Waals surface area (Å²) >= 11 is 1.47. The summed E-state index contributed by atoms with van der Waals surface area (Å²) in [5.74, 6) is -0.150. The molecule has 0 unspecified atom stereocenters. The van der Waals surface area contributed by atoms with Crippen molar-refractivity contribution in [1.29, 1.82) is 0 Å². The SMILES string of the molecule is CC(C)(CO)NC(=O)Cc1csc(-c2ccoc2)n1. The molecule has 2 aromatic rings. The van der Waals surface area contributed by atoms with Crippen molar-refractivity contribution in [2.45, 2.75) is 25.8 Å². The van der Waals surface area contributed by atoms with E-state index in [4.69, 9.17) is 9.52 Å². The molecule has 0 saturated heterocycles. The highest BCUT2D eigenvalue weighted by molar-refractivity contribution is 7.13. The van der Waals surface area contributed by atoms with Crippen LogP contribution in [0, 0.1) is 0 Å². The van der Waals surface area contributed by atoms with Gasteiger partial charge in [0.15, 0.2) is 0 Å². The summed E-state index contributed by atoms with van der Waals surface area (Å²) in [5, 5.41) is 14.5. The first-order chi connectivity index (χ1) is 9.00.